The van der Waals surface area contributed by atoms with Gasteiger partial charge in [-0.25, -0.2) is 0 Å². The molecule has 1 saturated heterocycles. The molecule has 9 atom stereocenters. The second-order valence-corrected chi connectivity index (χ2v) is 10.7. The molecule has 3 fully saturated rings. The van der Waals surface area contributed by atoms with E-state index in [4.69, 9.17) is 9.47 Å². The van der Waals surface area contributed by atoms with Gasteiger partial charge in [0.15, 0.2) is 23.5 Å². The van der Waals surface area contributed by atoms with Crippen molar-refractivity contribution in [3.8, 4) is 0 Å². The van der Waals surface area contributed by atoms with Crippen LogP contribution in [0.3, 0.4) is 0 Å². The number of fused-ring (bicyclic) bond motifs is 7. The third-order valence-electron chi connectivity index (χ3n) is 9.33. The van der Waals surface area contributed by atoms with Gasteiger partial charge in [0.25, 0.3) is 0 Å². The van der Waals surface area contributed by atoms with Gasteiger partial charge in [-0.3, -0.25) is 9.59 Å². The van der Waals surface area contributed by atoms with Crippen molar-refractivity contribution in [2.45, 2.75) is 83.4 Å². The summed E-state index contributed by atoms with van der Waals surface area (Å²) in [7, 11) is 0. The summed E-state index contributed by atoms with van der Waals surface area (Å²) >= 11 is 0. The van der Waals surface area contributed by atoms with Gasteiger partial charge < -0.3 is 19.7 Å². The lowest BCUT2D eigenvalue weighted by Gasteiger charge is -2.59. The van der Waals surface area contributed by atoms with E-state index in [1.54, 1.807) is 6.08 Å². The molecule has 6 heteroatoms. The molecule has 31 heavy (non-hydrogen) atoms. The van der Waals surface area contributed by atoms with E-state index in [9.17, 15) is 19.8 Å². The first kappa shape index (κ1) is 21.5. The van der Waals surface area contributed by atoms with Gasteiger partial charge in [0, 0.05) is 23.2 Å². The van der Waals surface area contributed by atoms with Crippen molar-refractivity contribution in [3.05, 3.63) is 23.8 Å². The Morgan fingerprint density at radius 2 is 2.10 bits per heavy atom. The summed E-state index contributed by atoms with van der Waals surface area (Å²) in [6, 6.07) is 0. The molecule has 1 heterocycles. The molecule has 2 saturated carbocycles. The van der Waals surface area contributed by atoms with Crippen LogP contribution in [-0.2, 0) is 19.1 Å². The van der Waals surface area contributed by atoms with Gasteiger partial charge in [-0.05, 0) is 43.6 Å². The van der Waals surface area contributed by atoms with E-state index in [1.807, 2.05) is 6.08 Å². The van der Waals surface area contributed by atoms with E-state index in [0.29, 0.717) is 25.7 Å². The number of ketones is 2. The highest BCUT2D eigenvalue weighted by Gasteiger charge is 2.75. The van der Waals surface area contributed by atoms with Crippen molar-refractivity contribution < 1.29 is 29.3 Å². The minimum atomic E-state index is -1.21. The van der Waals surface area contributed by atoms with Gasteiger partial charge in [-0.1, -0.05) is 44.9 Å². The van der Waals surface area contributed by atoms with Crippen LogP contribution in [0.2, 0.25) is 0 Å². The first-order valence-electron chi connectivity index (χ1n) is 11.8. The molecule has 5 aliphatic rings. The smallest absolute Gasteiger partial charge is 0.193 e. The molecule has 0 amide bonds. The van der Waals surface area contributed by atoms with Crippen LogP contribution in [-0.4, -0.2) is 52.5 Å². The highest BCUT2D eigenvalue weighted by atomic mass is 16.7. The second kappa shape index (κ2) is 7.08. The Morgan fingerprint density at radius 1 is 1.32 bits per heavy atom. The molecule has 0 aromatic heterocycles. The van der Waals surface area contributed by atoms with Gasteiger partial charge >= 0.3 is 0 Å². The molecule has 0 bridgehead atoms. The summed E-state index contributed by atoms with van der Waals surface area (Å²) < 4.78 is 12.7. The van der Waals surface area contributed by atoms with Crippen molar-refractivity contribution >= 4 is 11.6 Å². The third kappa shape index (κ3) is 2.65. The molecule has 0 spiro atoms. The fourth-order valence-corrected chi connectivity index (χ4v) is 8.03. The van der Waals surface area contributed by atoms with Gasteiger partial charge in [0.2, 0.25) is 0 Å². The number of rotatable bonds is 4. The Morgan fingerprint density at radius 3 is 2.81 bits per heavy atom. The molecule has 0 aromatic carbocycles. The molecule has 1 aliphatic heterocycles. The van der Waals surface area contributed by atoms with Crippen LogP contribution in [0.4, 0.5) is 0 Å². The van der Waals surface area contributed by atoms with Gasteiger partial charge in [0.1, 0.15) is 6.61 Å². The van der Waals surface area contributed by atoms with Crippen molar-refractivity contribution in [3.63, 3.8) is 0 Å². The lowest BCUT2D eigenvalue weighted by atomic mass is 9.47. The molecular formula is C25H34O6. The van der Waals surface area contributed by atoms with Crippen LogP contribution in [0.5, 0.6) is 0 Å². The van der Waals surface area contributed by atoms with E-state index in [1.165, 1.54) is 0 Å². The maximum absolute atomic E-state index is 13.2. The van der Waals surface area contributed by atoms with Crippen LogP contribution in [0.25, 0.3) is 0 Å². The van der Waals surface area contributed by atoms with Crippen LogP contribution < -0.4 is 0 Å². The standard InChI is InChI=1S/C25H34O6/c1-4-5-21-30-20-11-17-16-7-6-14-10-15(27)8-9-23(14,2)22(16)18(28)12-24(17,3)25(20,31-21)19(29)13-26/h6,8-9,16-18,20-22,26,28H,4-5,7,10-13H2,1-3H3/t16-,17-,18-,20+,21?,22+,23-,24-,25?/m0/s1. The van der Waals surface area contributed by atoms with Crippen LogP contribution in [0, 0.1) is 28.6 Å². The zero-order valence-corrected chi connectivity index (χ0v) is 18.7. The number of carbonyl (C=O) groups is 2. The monoisotopic (exact) mass is 430 g/mol. The molecule has 2 unspecified atom stereocenters. The fraction of sp³-hybridized carbons (Fsp3) is 0.760. The number of ether oxygens (including phenoxy) is 2. The quantitative estimate of drug-likeness (QED) is 0.666. The molecule has 6 nitrogen and oxygen atoms in total. The third-order valence-corrected chi connectivity index (χ3v) is 9.33. The summed E-state index contributed by atoms with van der Waals surface area (Å²) in [6.07, 6.45) is 8.28. The van der Waals surface area contributed by atoms with Gasteiger partial charge in [0.05, 0.1) is 12.2 Å². The molecular weight excluding hydrogens is 396 g/mol. The normalized spacial score (nSPS) is 50.4. The maximum Gasteiger partial charge on any atom is 0.193 e. The van der Waals surface area contributed by atoms with E-state index >= 15 is 0 Å². The van der Waals surface area contributed by atoms with Gasteiger partial charge in [-0.15, -0.1) is 0 Å². The van der Waals surface area contributed by atoms with Crippen molar-refractivity contribution in [2.24, 2.45) is 28.6 Å². The molecule has 2 N–H and O–H groups in total. The number of Topliss-reactive ketones (excluding diaryl/α,β-unsaturated/α-hetero) is 1. The predicted octanol–water partition coefficient (Wildman–Crippen LogP) is 2.72. The zero-order valence-electron chi connectivity index (χ0n) is 18.7. The molecule has 4 aliphatic carbocycles. The van der Waals surface area contributed by atoms with Gasteiger partial charge in [-0.2, -0.15) is 0 Å². The Hall–Kier alpha value is -1.34. The van der Waals surface area contributed by atoms with Crippen LogP contribution >= 0.6 is 0 Å². The second-order valence-electron chi connectivity index (χ2n) is 10.7. The number of aliphatic hydroxyl groups is 2. The van der Waals surface area contributed by atoms with E-state index in [-0.39, 0.29) is 34.7 Å². The van der Waals surface area contributed by atoms with Crippen LogP contribution in [0.1, 0.15) is 59.3 Å². The molecule has 5 rings (SSSR count). The number of carbonyl (C=O) groups excluding carboxylic acids is 2. The highest BCUT2D eigenvalue weighted by molar-refractivity contribution is 5.93. The lowest BCUT2D eigenvalue weighted by molar-refractivity contribution is -0.198. The Labute approximate surface area is 183 Å². The van der Waals surface area contributed by atoms with E-state index < -0.39 is 36.1 Å². The fourth-order valence-electron chi connectivity index (χ4n) is 8.03. The summed E-state index contributed by atoms with van der Waals surface area (Å²) in [4.78, 5) is 25.2. The predicted molar refractivity (Wildman–Crippen MR) is 113 cm³/mol. The highest BCUT2D eigenvalue weighted by Crippen LogP contribution is 2.69. The summed E-state index contributed by atoms with van der Waals surface area (Å²) in [6.45, 7) is 5.66. The minimum absolute atomic E-state index is 0.0125. The van der Waals surface area contributed by atoms with Crippen LogP contribution in [0.15, 0.2) is 23.8 Å². The lowest BCUT2D eigenvalue weighted by Crippen LogP contribution is -2.63. The number of hydrogen-bond acceptors (Lipinski definition) is 6. The largest absolute Gasteiger partial charge is 0.393 e. The topological polar surface area (TPSA) is 93.1 Å². The molecule has 170 valence electrons. The first-order valence-corrected chi connectivity index (χ1v) is 11.8. The molecule has 0 radical (unpaired) electrons. The number of hydrogen-bond donors (Lipinski definition) is 2. The van der Waals surface area contributed by atoms with E-state index in [2.05, 4.69) is 26.8 Å². The average Bonchev–Trinajstić information content (AvgIpc) is 3.20. The first-order chi connectivity index (χ1) is 14.7. The SMILES string of the molecule is CCCC1O[C@@H]2C[C@H]3[C@@H]4CC=C5CC(=O)C=C[C@]5(C)[C@H]4[C@@H](O)C[C@]3(C)C2(C(=O)CO)O1. The summed E-state index contributed by atoms with van der Waals surface area (Å²) in [5, 5.41) is 21.4. The van der Waals surface area contributed by atoms with Crippen molar-refractivity contribution in [1.29, 1.82) is 0 Å². The van der Waals surface area contributed by atoms with Crippen molar-refractivity contribution in [2.75, 3.05) is 6.61 Å². The number of allylic oxidation sites excluding steroid dienone is 4. The molecule has 0 aromatic rings. The van der Waals surface area contributed by atoms with Crippen molar-refractivity contribution in [1.82, 2.24) is 0 Å². The Kier molecular flexibility index (Phi) is 4.91. The summed E-state index contributed by atoms with van der Waals surface area (Å²) in [5.74, 6) is 0.0642. The van der Waals surface area contributed by atoms with E-state index in [0.717, 1.165) is 18.4 Å². The minimum Gasteiger partial charge on any atom is -0.393 e. The Bertz CT molecular complexity index is 862. The average molecular weight is 431 g/mol. The zero-order chi connectivity index (χ0) is 22.2. The Balaban J connectivity index is 1.56. The number of aliphatic hydroxyl groups excluding tert-OH is 2. The maximum atomic E-state index is 13.2. The summed E-state index contributed by atoms with van der Waals surface area (Å²) in [5.41, 5.74) is -1.06.